The molecule has 0 radical (unpaired) electrons. The van der Waals surface area contributed by atoms with Gasteiger partial charge in [-0.1, -0.05) is 32.0 Å². The monoisotopic (exact) mass is 273 g/mol. The fourth-order valence-corrected chi connectivity index (χ4v) is 4.49. The van der Waals surface area contributed by atoms with Gasteiger partial charge in [-0.25, -0.2) is 9.42 Å². The molecule has 96 valence electrons. The van der Waals surface area contributed by atoms with E-state index in [1.807, 2.05) is 49.1 Å². The minimum absolute atomic E-state index is 0.905. The summed E-state index contributed by atoms with van der Waals surface area (Å²) in [5.74, 6) is 0. The molecule has 0 aliphatic rings. The van der Waals surface area contributed by atoms with E-state index >= 15 is 0 Å². The van der Waals surface area contributed by atoms with E-state index in [1.54, 1.807) is 0 Å². The van der Waals surface area contributed by atoms with Crippen molar-refractivity contribution >= 4 is 23.6 Å². The van der Waals surface area contributed by atoms with Crippen molar-refractivity contribution in [3.05, 3.63) is 30.3 Å². The molecule has 0 aliphatic heterocycles. The van der Waals surface area contributed by atoms with Gasteiger partial charge in [0.25, 0.3) is 0 Å². The Bertz CT molecular complexity index is 388. The van der Waals surface area contributed by atoms with E-state index in [1.165, 1.54) is 0 Å². The summed E-state index contributed by atoms with van der Waals surface area (Å²) in [5, 5.41) is 0. The van der Waals surface area contributed by atoms with Crippen LogP contribution in [0.4, 0.5) is 5.69 Å². The molecule has 17 heavy (non-hydrogen) atoms. The van der Waals surface area contributed by atoms with Crippen molar-refractivity contribution in [2.24, 2.45) is 4.74 Å². The van der Waals surface area contributed by atoms with E-state index < -0.39 is 6.71 Å². The van der Waals surface area contributed by atoms with E-state index in [0.717, 1.165) is 18.8 Å². The van der Waals surface area contributed by atoms with Crippen LogP contribution in [0.3, 0.4) is 0 Å². The van der Waals surface area contributed by atoms with E-state index in [4.69, 9.17) is 16.0 Å². The molecule has 1 rings (SSSR count). The van der Waals surface area contributed by atoms with Gasteiger partial charge in [-0.15, -0.1) is 0 Å². The highest BCUT2D eigenvalue weighted by atomic mass is 35.7. The Balaban J connectivity index is 3.20. The molecule has 5 heteroatoms. The molecule has 3 nitrogen and oxygen atoms in total. The first-order valence-corrected chi connectivity index (χ1v) is 8.40. The van der Waals surface area contributed by atoms with Crippen molar-refractivity contribution in [3.8, 4) is 0 Å². The minimum Gasteiger partial charge on any atom is -0.252 e. The molecular formula is C12H21ClN3P. The molecule has 0 heterocycles. The Kier molecular flexibility index (Phi) is 5.68. The standard InChI is InChI=1S/C12H21ClN3P/c1-5-16(6-2)17(13,15(3)4)14-12-10-8-7-9-11-12/h7-11H,5-6H2,1-4H3. The van der Waals surface area contributed by atoms with Gasteiger partial charge in [0.2, 0.25) is 0 Å². The van der Waals surface area contributed by atoms with Crippen LogP contribution < -0.4 is 0 Å². The number of hydrogen-bond donors (Lipinski definition) is 0. The highest BCUT2D eigenvalue weighted by Crippen LogP contribution is 2.61. The van der Waals surface area contributed by atoms with Crippen molar-refractivity contribution in [1.29, 1.82) is 0 Å². The third-order valence-corrected chi connectivity index (χ3v) is 7.16. The summed E-state index contributed by atoms with van der Waals surface area (Å²) in [6.07, 6.45) is 0. The Morgan fingerprint density at radius 2 is 1.65 bits per heavy atom. The van der Waals surface area contributed by atoms with Gasteiger partial charge < -0.3 is 0 Å². The van der Waals surface area contributed by atoms with Crippen LogP contribution in [0.25, 0.3) is 0 Å². The second-order valence-electron chi connectivity index (χ2n) is 3.92. The lowest BCUT2D eigenvalue weighted by atomic mass is 10.3. The zero-order chi connectivity index (χ0) is 12.9. The van der Waals surface area contributed by atoms with Crippen LogP contribution in [0.2, 0.25) is 0 Å². The Labute approximate surface area is 109 Å². The molecule has 0 aliphatic carbocycles. The molecule has 0 spiro atoms. The maximum Gasteiger partial charge on any atom is 0.191 e. The summed E-state index contributed by atoms with van der Waals surface area (Å²) >= 11 is 6.77. The Morgan fingerprint density at radius 1 is 1.12 bits per heavy atom. The fraction of sp³-hybridized carbons (Fsp3) is 0.500. The lowest BCUT2D eigenvalue weighted by Gasteiger charge is -2.34. The summed E-state index contributed by atoms with van der Waals surface area (Å²) in [5.41, 5.74) is 0.941. The Morgan fingerprint density at radius 3 is 2.06 bits per heavy atom. The number of benzene rings is 1. The first-order chi connectivity index (χ1) is 8.04. The third-order valence-electron chi connectivity index (χ3n) is 2.60. The molecule has 0 bridgehead atoms. The molecule has 0 N–H and O–H groups in total. The number of hydrogen-bond acceptors (Lipinski definition) is 1. The van der Waals surface area contributed by atoms with Crippen molar-refractivity contribution in [2.45, 2.75) is 13.8 Å². The lowest BCUT2D eigenvalue weighted by Crippen LogP contribution is -2.24. The van der Waals surface area contributed by atoms with Gasteiger partial charge in [0.15, 0.2) is 6.71 Å². The van der Waals surface area contributed by atoms with Crippen LogP contribution in [-0.2, 0) is 0 Å². The summed E-state index contributed by atoms with van der Waals surface area (Å²) < 4.78 is 9.02. The smallest absolute Gasteiger partial charge is 0.191 e. The van der Waals surface area contributed by atoms with Crippen molar-refractivity contribution in [3.63, 3.8) is 0 Å². The molecule has 0 saturated heterocycles. The van der Waals surface area contributed by atoms with Crippen molar-refractivity contribution < 1.29 is 0 Å². The second-order valence-corrected chi connectivity index (χ2v) is 7.83. The van der Waals surface area contributed by atoms with Crippen LogP contribution in [0, 0.1) is 0 Å². The lowest BCUT2D eigenvalue weighted by molar-refractivity contribution is 0.470. The van der Waals surface area contributed by atoms with Crippen molar-refractivity contribution in [1.82, 2.24) is 9.34 Å². The largest absolute Gasteiger partial charge is 0.252 e. The quantitative estimate of drug-likeness (QED) is 0.740. The third kappa shape index (κ3) is 3.56. The SMILES string of the molecule is CCN(CC)P(Cl)(=Nc1ccccc1)N(C)C. The molecule has 1 atom stereocenters. The Hall–Kier alpha value is -0.340. The highest BCUT2D eigenvalue weighted by molar-refractivity contribution is 7.87. The fourth-order valence-electron chi connectivity index (χ4n) is 1.63. The van der Waals surface area contributed by atoms with Crippen LogP contribution in [0.1, 0.15) is 13.8 Å². The maximum atomic E-state index is 6.77. The van der Waals surface area contributed by atoms with E-state index in [2.05, 4.69) is 18.5 Å². The predicted molar refractivity (Wildman–Crippen MR) is 77.9 cm³/mol. The second kappa shape index (κ2) is 6.55. The van der Waals surface area contributed by atoms with Crippen molar-refractivity contribution in [2.75, 3.05) is 27.2 Å². The molecule has 0 aromatic heterocycles. The maximum absolute atomic E-state index is 6.77. The van der Waals surface area contributed by atoms with Crippen LogP contribution in [0.15, 0.2) is 35.1 Å². The van der Waals surface area contributed by atoms with Gasteiger partial charge in [-0.05, 0) is 37.5 Å². The van der Waals surface area contributed by atoms with Crippen LogP contribution in [0.5, 0.6) is 0 Å². The average Bonchev–Trinajstić information content (AvgIpc) is 2.31. The summed E-state index contributed by atoms with van der Waals surface area (Å²) in [6.45, 7) is 3.93. The zero-order valence-corrected chi connectivity index (χ0v) is 12.6. The van der Waals surface area contributed by atoms with E-state index in [-0.39, 0.29) is 0 Å². The van der Waals surface area contributed by atoms with Gasteiger partial charge in [0.05, 0.1) is 5.69 Å². The number of nitrogens with zero attached hydrogens (tertiary/aromatic N) is 3. The highest BCUT2D eigenvalue weighted by Gasteiger charge is 2.25. The topological polar surface area (TPSA) is 18.8 Å². The molecular weight excluding hydrogens is 253 g/mol. The normalized spacial score (nSPS) is 15.0. The van der Waals surface area contributed by atoms with Gasteiger partial charge in [-0.2, -0.15) is 0 Å². The molecule has 1 aromatic carbocycles. The van der Waals surface area contributed by atoms with Crippen LogP contribution in [-0.4, -0.2) is 36.5 Å². The van der Waals surface area contributed by atoms with Gasteiger partial charge >= 0.3 is 0 Å². The van der Waals surface area contributed by atoms with Gasteiger partial charge in [0, 0.05) is 13.1 Å². The summed E-state index contributed by atoms with van der Waals surface area (Å²) in [7, 11) is 3.98. The summed E-state index contributed by atoms with van der Waals surface area (Å²) in [4.78, 5) is 0. The first-order valence-electron chi connectivity index (χ1n) is 5.84. The molecule has 1 aromatic rings. The first kappa shape index (κ1) is 14.7. The minimum atomic E-state index is -2.11. The van der Waals surface area contributed by atoms with E-state index in [9.17, 15) is 0 Å². The molecule has 0 amide bonds. The number of rotatable bonds is 5. The molecule has 0 saturated carbocycles. The number of halogens is 1. The van der Waals surface area contributed by atoms with Gasteiger partial charge in [-0.3, -0.25) is 4.67 Å². The molecule has 0 fully saturated rings. The summed E-state index contributed by atoms with van der Waals surface area (Å²) in [6, 6.07) is 9.94. The van der Waals surface area contributed by atoms with Gasteiger partial charge in [0.1, 0.15) is 0 Å². The zero-order valence-electron chi connectivity index (χ0n) is 11.0. The average molecular weight is 274 g/mol. The van der Waals surface area contributed by atoms with Crippen LogP contribution >= 0.6 is 17.9 Å². The molecule has 1 unspecified atom stereocenters. The predicted octanol–water partition coefficient (Wildman–Crippen LogP) is 4.41. The van der Waals surface area contributed by atoms with E-state index in [0.29, 0.717) is 0 Å².